The van der Waals surface area contributed by atoms with Gasteiger partial charge in [-0.15, -0.1) is 0 Å². The van der Waals surface area contributed by atoms with E-state index in [1.165, 1.54) is 18.1 Å². The van der Waals surface area contributed by atoms with E-state index in [0.29, 0.717) is 24.3 Å². The zero-order valence-corrected chi connectivity index (χ0v) is 22.1. The third kappa shape index (κ3) is 6.90. The lowest BCUT2D eigenvalue weighted by Gasteiger charge is -2.27. The van der Waals surface area contributed by atoms with E-state index in [9.17, 15) is 24.0 Å². The largest absolute Gasteiger partial charge is 0.465 e. The number of rotatable bonds is 9. The monoisotopic (exact) mass is 542 g/mol. The molecule has 1 heterocycles. The number of ether oxygens (including phenoxy) is 1. The first-order chi connectivity index (χ1) is 19.4. The summed E-state index contributed by atoms with van der Waals surface area (Å²) in [5.41, 5.74) is 1.57. The first-order valence-corrected chi connectivity index (χ1v) is 12.9. The molecule has 4 rings (SSSR count). The molecular weight excluding hydrogens is 512 g/mol. The number of ketones is 1. The second kappa shape index (κ2) is 13.2. The molecule has 1 fully saturated rings. The molecule has 40 heavy (non-hydrogen) atoms. The predicted molar refractivity (Wildman–Crippen MR) is 149 cm³/mol. The summed E-state index contributed by atoms with van der Waals surface area (Å²) in [4.78, 5) is 67.2. The van der Waals surface area contributed by atoms with Crippen molar-refractivity contribution in [3.63, 3.8) is 0 Å². The van der Waals surface area contributed by atoms with E-state index in [-0.39, 0.29) is 35.0 Å². The van der Waals surface area contributed by atoms with Gasteiger partial charge >= 0.3 is 12.0 Å². The van der Waals surface area contributed by atoms with Gasteiger partial charge in [-0.05, 0) is 43.2 Å². The highest BCUT2D eigenvalue weighted by molar-refractivity contribution is 6.15. The first-order valence-electron chi connectivity index (χ1n) is 12.9. The Hall–Kier alpha value is -4.99. The number of amides is 4. The molecule has 0 saturated carbocycles. The van der Waals surface area contributed by atoms with Gasteiger partial charge in [0.25, 0.3) is 0 Å². The number of nitrogens with zero attached hydrogens (tertiary/aromatic N) is 2. The Kier molecular flexibility index (Phi) is 9.24. The van der Waals surface area contributed by atoms with Gasteiger partial charge in [-0.1, -0.05) is 48.5 Å². The number of urea groups is 1. The Morgan fingerprint density at radius 3 is 2.25 bits per heavy atom. The molecule has 0 aromatic heterocycles. The standard InChI is InChI=1S/C30H30N4O6/c1-40-29(38)22-12-9-13-23(18-22)32-30(39)31-19-26(35)34(20-27(36)33-16-7-8-17-33)25-15-6-5-14-24(25)28(37)21-10-3-2-4-11-21/h2-6,9-15,18H,7-8,16-17,19-20H2,1H3,(H2,31,32,39). The molecule has 0 spiro atoms. The van der Waals surface area contributed by atoms with E-state index in [4.69, 9.17) is 4.74 Å². The van der Waals surface area contributed by atoms with Crippen LogP contribution in [0, 0.1) is 0 Å². The van der Waals surface area contributed by atoms with Crippen molar-refractivity contribution in [2.24, 2.45) is 0 Å². The van der Waals surface area contributed by atoms with Gasteiger partial charge in [-0.25, -0.2) is 9.59 Å². The number of para-hydroxylation sites is 1. The van der Waals surface area contributed by atoms with Crippen LogP contribution >= 0.6 is 0 Å². The minimum Gasteiger partial charge on any atom is -0.465 e. The Labute approximate surface area is 231 Å². The molecule has 1 aliphatic heterocycles. The molecule has 206 valence electrons. The van der Waals surface area contributed by atoms with Crippen LogP contribution in [0.3, 0.4) is 0 Å². The molecular formula is C30H30N4O6. The molecule has 10 heteroatoms. The van der Waals surface area contributed by atoms with Gasteiger partial charge in [-0.3, -0.25) is 14.4 Å². The molecule has 1 aliphatic rings. The maximum atomic E-state index is 13.5. The average molecular weight is 543 g/mol. The van der Waals surface area contributed by atoms with Gasteiger partial charge < -0.3 is 25.2 Å². The lowest BCUT2D eigenvalue weighted by atomic mass is 10.0. The van der Waals surface area contributed by atoms with Crippen LogP contribution in [-0.4, -0.2) is 67.8 Å². The number of anilines is 2. The predicted octanol–water partition coefficient (Wildman–Crippen LogP) is 3.48. The summed E-state index contributed by atoms with van der Waals surface area (Å²) in [6, 6.07) is 20.7. The number of likely N-dealkylation sites (tertiary alicyclic amines) is 1. The summed E-state index contributed by atoms with van der Waals surface area (Å²) >= 11 is 0. The van der Waals surface area contributed by atoms with Gasteiger partial charge in [0.2, 0.25) is 11.8 Å². The fourth-order valence-corrected chi connectivity index (χ4v) is 4.42. The number of carbonyl (C=O) groups excluding carboxylic acids is 5. The minimum atomic E-state index is -0.685. The number of esters is 1. The smallest absolute Gasteiger partial charge is 0.337 e. The highest BCUT2D eigenvalue weighted by Gasteiger charge is 2.27. The fraction of sp³-hybridized carbons (Fsp3) is 0.233. The molecule has 0 radical (unpaired) electrons. The van der Waals surface area contributed by atoms with Gasteiger partial charge in [0.05, 0.1) is 24.9 Å². The number of carbonyl (C=O) groups is 5. The van der Waals surface area contributed by atoms with Crippen LogP contribution in [0.15, 0.2) is 78.9 Å². The summed E-state index contributed by atoms with van der Waals surface area (Å²) in [5, 5.41) is 5.07. The first kappa shape index (κ1) is 28.0. The van der Waals surface area contributed by atoms with Crippen molar-refractivity contribution in [3.8, 4) is 0 Å². The summed E-state index contributed by atoms with van der Waals surface area (Å²) in [6.07, 6.45) is 1.78. The van der Waals surface area contributed by atoms with Crippen LogP contribution in [0.4, 0.5) is 16.2 Å². The van der Waals surface area contributed by atoms with E-state index < -0.39 is 24.5 Å². The van der Waals surface area contributed by atoms with E-state index in [1.807, 2.05) is 0 Å². The molecule has 0 bridgehead atoms. The SMILES string of the molecule is COC(=O)c1cccc(NC(=O)NCC(=O)N(CC(=O)N2CCCC2)c2ccccc2C(=O)c2ccccc2)c1. The third-order valence-corrected chi connectivity index (χ3v) is 6.47. The van der Waals surface area contributed by atoms with E-state index in [1.54, 1.807) is 77.7 Å². The molecule has 0 aliphatic carbocycles. The summed E-state index contributed by atoms with van der Waals surface area (Å²) in [5.74, 6) is -1.66. The van der Waals surface area contributed by atoms with E-state index in [0.717, 1.165) is 12.8 Å². The number of benzene rings is 3. The Balaban J connectivity index is 1.53. The lowest BCUT2D eigenvalue weighted by molar-refractivity contribution is -0.130. The van der Waals surface area contributed by atoms with Crippen LogP contribution in [0.25, 0.3) is 0 Å². The molecule has 2 N–H and O–H groups in total. The summed E-state index contributed by atoms with van der Waals surface area (Å²) < 4.78 is 4.69. The molecule has 3 aromatic rings. The van der Waals surface area contributed by atoms with Crippen LogP contribution < -0.4 is 15.5 Å². The fourth-order valence-electron chi connectivity index (χ4n) is 4.42. The zero-order valence-electron chi connectivity index (χ0n) is 22.1. The van der Waals surface area contributed by atoms with Crippen molar-refractivity contribution in [1.29, 1.82) is 0 Å². The Bertz CT molecular complexity index is 1400. The average Bonchev–Trinajstić information content (AvgIpc) is 3.54. The highest BCUT2D eigenvalue weighted by Crippen LogP contribution is 2.24. The second-order valence-electron chi connectivity index (χ2n) is 9.16. The normalized spacial score (nSPS) is 12.4. The van der Waals surface area contributed by atoms with Crippen molar-refractivity contribution in [2.45, 2.75) is 12.8 Å². The summed E-state index contributed by atoms with van der Waals surface area (Å²) in [6.45, 7) is 0.500. The number of hydrogen-bond donors (Lipinski definition) is 2. The number of hydrogen-bond acceptors (Lipinski definition) is 6. The van der Waals surface area contributed by atoms with Gasteiger partial charge in [0.1, 0.15) is 6.54 Å². The van der Waals surface area contributed by atoms with Crippen molar-refractivity contribution < 1.29 is 28.7 Å². The van der Waals surface area contributed by atoms with Crippen LogP contribution in [-0.2, 0) is 14.3 Å². The van der Waals surface area contributed by atoms with Gasteiger partial charge in [0, 0.05) is 29.9 Å². The van der Waals surface area contributed by atoms with Crippen molar-refractivity contribution in [1.82, 2.24) is 10.2 Å². The van der Waals surface area contributed by atoms with E-state index >= 15 is 0 Å². The zero-order chi connectivity index (χ0) is 28.5. The lowest BCUT2D eigenvalue weighted by Crippen LogP contribution is -2.47. The number of methoxy groups -OCH3 is 1. The van der Waals surface area contributed by atoms with Crippen molar-refractivity contribution >= 4 is 41.0 Å². The molecule has 4 amide bonds. The third-order valence-electron chi connectivity index (χ3n) is 6.47. The van der Waals surface area contributed by atoms with Crippen LogP contribution in [0.1, 0.15) is 39.1 Å². The molecule has 0 atom stereocenters. The quantitative estimate of drug-likeness (QED) is 0.315. The number of nitrogens with one attached hydrogen (secondary N) is 2. The second-order valence-corrected chi connectivity index (χ2v) is 9.16. The van der Waals surface area contributed by atoms with E-state index in [2.05, 4.69) is 10.6 Å². The Morgan fingerprint density at radius 2 is 1.52 bits per heavy atom. The molecule has 0 unspecified atom stereocenters. The van der Waals surface area contributed by atoms with Crippen molar-refractivity contribution in [2.75, 3.05) is 43.5 Å². The molecule has 3 aromatic carbocycles. The van der Waals surface area contributed by atoms with Crippen molar-refractivity contribution in [3.05, 3.63) is 95.6 Å². The maximum Gasteiger partial charge on any atom is 0.337 e. The minimum absolute atomic E-state index is 0.239. The Morgan fingerprint density at radius 1 is 0.850 bits per heavy atom. The van der Waals surface area contributed by atoms with Gasteiger partial charge in [-0.2, -0.15) is 0 Å². The molecule has 10 nitrogen and oxygen atoms in total. The topological polar surface area (TPSA) is 125 Å². The maximum absolute atomic E-state index is 13.5. The van der Waals surface area contributed by atoms with Gasteiger partial charge in [0.15, 0.2) is 5.78 Å². The summed E-state index contributed by atoms with van der Waals surface area (Å²) in [7, 11) is 1.26. The highest BCUT2D eigenvalue weighted by atomic mass is 16.5. The molecule has 1 saturated heterocycles. The van der Waals surface area contributed by atoms with Crippen LogP contribution in [0.2, 0.25) is 0 Å². The van der Waals surface area contributed by atoms with Crippen LogP contribution in [0.5, 0.6) is 0 Å².